The number of aliphatic hydroxyl groups is 1. The van der Waals surface area contributed by atoms with Crippen molar-refractivity contribution < 1.29 is 62.5 Å². The average Bonchev–Trinajstić information content (AvgIpc) is 1.73. The van der Waals surface area contributed by atoms with Crippen LogP contribution in [0.5, 0.6) is 11.8 Å². The van der Waals surface area contributed by atoms with Gasteiger partial charge in [-0.15, -0.1) is 11.3 Å². The maximum Gasteiger partial charge on any atom is 0.318 e. The molecule has 5 aromatic rings. The van der Waals surface area contributed by atoms with Crippen molar-refractivity contribution in [2.24, 2.45) is 5.41 Å². The molecule has 91 heavy (non-hydrogen) atoms. The number of nitrogens with one attached hydrogen (secondary N) is 2. The van der Waals surface area contributed by atoms with Crippen molar-refractivity contribution in [2.75, 3.05) is 141 Å². The van der Waals surface area contributed by atoms with Crippen LogP contribution in [-0.2, 0) is 60.6 Å². The van der Waals surface area contributed by atoms with E-state index >= 15 is 0 Å². The number of rotatable bonds is 31. The summed E-state index contributed by atoms with van der Waals surface area (Å²) >= 11 is 1.57. The third-order valence-corrected chi connectivity index (χ3v) is 18.0. The summed E-state index contributed by atoms with van der Waals surface area (Å²) in [5.74, 6) is -0.290. The van der Waals surface area contributed by atoms with Gasteiger partial charge in [-0.2, -0.15) is 9.97 Å². The second-order valence-corrected chi connectivity index (χ2v) is 25.7. The third-order valence-electron chi connectivity index (χ3n) is 17.0. The van der Waals surface area contributed by atoms with Crippen LogP contribution in [0.4, 0.5) is 11.5 Å². The van der Waals surface area contributed by atoms with Crippen LogP contribution in [0.25, 0.3) is 21.2 Å². The molecule has 6 heterocycles. The van der Waals surface area contributed by atoms with Crippen LogP contribution in [0.1, 0.15) is 82.4 Å². The van der Waals surface area contributed by atoms with E-state index in [-0.39, 0.29) is 68.6 Å². The Morgan fingerprint density at radius 3 is 2.11 bits per heavy atom. The molecule has 4 amide bonds. The maximum atomic E-state index is 14.1. The molecule has 3 saturated heterocycles. The van der Waals surface area contributed by atoms with Gasteiger partial charge < -0.3 is 73.6 Å². The number of nitrogens with zero attached hydrogens (tertiary/aromatic N) is 8. The second-order valence-electron chi connectivity index (χ2n) is 24.8. The van der Waals surface area contributed by atoms with Crippen LogP contribution in [0.3, 0.4) is 0 Å². The number of phenols is 1. The number of aromatic hydroxyl groups is 1. The standard InChI is InChI=1S/C67H92N10O13S/c1-8-60(81)74-23-25-75(26-24-74)63-55-19-22-76(57-38-51(78)37-50-11-9-10-12-54(50)57)42-56(55)70-66(72-63)90-45(2)40-73-20-17-53(18-21-73)89-36-35-87-32-31-85-28-27-84-29-30-86-33-34-88-43-59(80)71-62(67(5,6)7)65(83)77-41-52(79)39-58(77)64(82)69-46(3)48-13-15-49(16-14-48)61-47(4)68-44-91-61/h8-16,37-38,44-46,52-53,58,62,78-79H,1,17-36,39-43H2,2-7H3,(H,69,82)(H,71,80)/t45-,46+,52-,58+,62-/m1/s1. The van der Waals surface area contributed by atoms with Crippen LogP contribution in [-0.4, -0.2) is 225 Å². The normalized spacial score (nSPS) is 18.5. The summed E-state index contributed by atoms with van der Waals surface area (Å²) in [6.45, 7) is 24.7. The predicted octanol–water partition coefficient (Wildman–Crippen LogP) is 5.87. The summed E-state index contributed by atoms with van der Waals surface area (Å²) in [7, 11) is 0. The lowest BCUT2D eigenvalue weighted by Crippen LogP contribution is -2.58. The van der Waals surface area contributed by atoms with E-state index in [9.17, 15) is 29.4 Å². The van der Waals surface area contributed by atoms with Crippen LogP contribution < -0.4 is 25.2 Å². The van der Waals surface area contributed by atoms with Crippen LogP contribution >= 0.6 is 11.3 Å². The minimum atomic E-state index is -0.977. The summed E-state index contributed by atoms with van der Waals surface area (Å²) in [5.41, 5.74) is 6.96. The Labute approximate surface area is 538 Å². The highest BCUT2D eigenvalue weighted by Gasteiger charge is 2.45. The molecule has 0 spiro atoms. The number of piperidine rings is 1. The molecule has 0 bridgehead atoms. The van der Waals surface area contributed by atoms with Gasteiger partial charge in [0.25, 0.3) is 0 Å². The number of benzene rings is 3. The topological polar surface area (TPSA) is 252 Å². The molecule has 24 heteroatoms. The summed E-state index contributed by atoms with van der Waals surface area (Å²) in [6.07, 6.45) is 3.08. The number of β-amino-alcohol motifs (C(OH)–C–C–N with tert-alkyl or cyclic N) is 1. The monoisotopic (exact) mass is 1280 g/mol. The smallest absolute Gasteiger partial charge is 0.318 e. The van der Waals surface area contributed by atoms with Crippen molar-refractivity contribution in [3.8, 4) is 22.2 Å². The lowest BCUT2D eigenvalue weighted by Gasteiger charge is -2.38. The van der Waals surface area contributed by atoms with E-state index in [2.05, 4.69) is 49.9 Å². The molecule has 5 atom stereocenters. The molecule has 494 valence electrons. The number of anilines is 2. The lowest BCUT2D eigenvalue weighted by atomic mass is 9.85. The first kappa shape index (κ1) is 68.5. The molecular formula is C67H92N10O13S. The van der Waals surface area contributed by atoms with Crippen LogP contribution in [0.2, 0.25) is 0 Å². The third kappa shape index (κ3) is 19.1. The zero-order valence-corrected chi connectivity index (χ0v) is 54.5. The van der Waals surface area contributed by atoms with Crippen molar-refractivity contribution in [1.82, 2.24) is 40.3 Å². The zero-order valence-electron chi connectivity index (χ0n) is 53.6. The Hall–Kier alpha value is -6.87. The summed E-state index contributed by atoms with van der Waals surface area (Å²) in [4.78, 5) is 78.9. The van der Waals surface area contributed by atoms with Gasteiger partial charge in [0.2, 0.25) is 23.6 Å². The molecule has 4 aliphatic rings. The molecule has 4 aliphatic heterocycles. The van der Waals surface area contributed by atoms with E-state index in [4.69, 9.17) is 43.1 Å². The van der Waals surface area contributed by atoms with Gasteiger partial charge in [0.05, 0.1) is 113 Å². The number of ether oxygens (including phenoxy) is 7. The quantitative estimate of drug-likeness (QED) is 0.0299. The molecular weight excluding hydrogens is 1180 g/mol. The fraction of sp³-hybridized carbons (Fsp3) is 0.567. The second kappa shape index (κ2) is 33.1. The van der Waals surface area contributed by atoms with Crippen LogP contribution in [0, 0.1) is 12.3 Å². The van der Waals surface area contributed by atoms with Gasteiger partial charge in [0, 0.05) is 88.0 Å². The van der Waals surface area contributed by atoms with E-state index in [0.717, 1.165) is 94.1 Å². The number of carbonyl (C=O) groups excluding carboxylic acids is 4. The minimum Gasteiger partial charge on any atom is -0.508 e. The Balaban J connectivity index is 0.592. The number of phenolic OH excluding ortho intramolecular Hbond substituents is 1. The molecule has 0 radical (unpaired) electrons. The number of likely N-dealkylation sites (tertiary alicyclic amines) is 2. The van der Waals surface area contributed by atoms with Gasteiger partial charge in [-0.25, -0.2) is 4.98 Å². The van der Waals surface area contributed by atoms with Crippen molar-refractivity contribution in [3.05, 3.63) is 101 Å². The van der Waals surface area contributed by atoms with Gasteiger partial charge in [0.1, 0.15) is 36.4 Å². The lowest BCUT2D eigenvalue weighted by molar-refractivity contribution is -0.144. The average molecular weight is 1280 g/mol. The van der Waals surface area contributed by atoms with Gasteiger partial charge in [-0.1, -0.05) is 75.9 Å². The number of carbonyl (C=O) groups is 4. The first-order chi connectivity index (χ1) is 43.9. The number of hydrogen-bond donors (Lipinski definition) is 4. The first-order valence-electron chi connectivity index (χ1n) is 31.9. The minimum absolute atomic E-state index is 0.0257. The van der Waals surface area contributed by atoms with Crippen molar-refractivity contribution in [2.45, 2.75) is 110 Å². The Bertz CT molecular complexity index is 3200. The Kier molecular flexibility index (Phi) is 24.9. The fourth-order valence-corrected chi connectivity index (χ4v) is 12.9. The Morgan fingerprint density at radius 2 is 1.46 bits per heavy atom. The molecule has 2 aromatic heterocycles. The number of piperazine rings is 1. The SMILES string of the molecule is C=CC(=O)N1CCN(c2nc(O[C@H](C)CN3CCC(OCCOCCOCCOCCOCCOCC(=O)N[C@H](C(=O)N4C[C@H](O)C[C@H]4C(=O)N[C@@H](C)c4ccc(-c5scnc5C)cc4)C(C)(C)C)CC3)nc3c2CCN(c2cc(O)cc4ccccc24)C3)CC1. The number of aromatic nitrogens is 3. The van der Waals surface area contributed by atoms with Gasteiger partial charge >= 0.3 is 6.01 Å². The molecule has 3 aromatic carbocycles. The van der Waals surface area contributed by atoms with Gasteiger partial charge in [-0.3, -0.25) is 24.1 Å². The molecule has 0 unspecified atom stereocenters. The molecule has 0 aliphatic carbocycles. The van der Waals surface area contributed by atoms with Crippen molar-refractivity contribution in [1.29, 1.82) is 0 Å². The summed E-state index contributed by atoms with van der Waals surface area (Å²) in [6, 6.07) is 17.7. The van der Waals surface area contributed by atoms with E-state index in [1.54, 1.807) is 17.4 Å². The molecule has 23 nitrogen and oxygen atoms in total. The Morgan fingerprint density at radius 1 is 0.802 bits per heavy atom. The molecule has 0 saturated carbocycles. The molecule has 4 N–H and O–H groups in total. The van der Waals surface area contributed by atoms with Gasteiger partial charge in [0.15, 0.2) is 0 Å². The highest BCUT2D eigenvalue weighted by Crippen LogP contribution is 2.37. The van der Waals surface area contributed by atoms with Gasteiger partial charge in [-0.05, 0) is 74.1 Å². The highest BCUT2D eigenvalue weighted by atomic mass is 32.1. The number of thiazole rings is 1. The summed E-state index contributed by atoms with van der Waals surface area (Å²) in [5, 5.41) is 29.2. The van der Waals surface area contributed by atoms with E-state index in [0.29, 0.717) is 98.1 Å². The maximum absolute atomic E-state index is 14.1. The predicted molar refractivity (Wildman–Crippen MR) is 347 cm³/mol. The largest absolute Gasteiger partial charge is 0.508 e. The number of aryl methyl sites for hydroxylation is 1. The number of aliphatic hydroxyl groups excluding tert-OH is 1. The highest BCUT2D eigenvalue weighted by molar-refractivity contribution is 7.13. The van der Waals surface area contributed by atoms with Crippen molar-refractivity contribution in [3.63, 3.8) is 0 Å². The zero-order chi connectivity index (χ0) is 64.4. The van der Waals surface area contributed by atoms with E-state index < -0.39 is 35.4 Å². The number of amides is 4. The molecule has 3 fully saturated rings. The van der Waals surface area contributed by atoms with E-state index in [1.807, 2.05) is 93.6 Å². The number of hydrogen-bond acceptors (Lipinski definition) is 20. The van der Waals surface area contributed by atoms with Crippen LogP contribution in [0.15, 0.2) is 78.8 Å². The molecule has 9 rings (SSSR count). The van der Waals surface area contributed by atoms with E-state index in [1.165, 1.54) is 11.0 Å². The first-order valence-corrected chi connectivity index (χ1v) is 32.8. The van der Waals surface area contributed by atoms with Crippen molar-refractivity contribution >= 4 is 57.2 Å². The number of fused-ring (bicyclic) bond motifs is 2. The fourth-order valence-electron chi connectivity index (χ4n) is 12.1. The summed E-state index contributed by atoms with van der Waals surface area (Å²) < 4.78 is 41.0.